The average molecular weight is 532 g/mol. The topological polar surface area (TPSA) is 77.0 Å². The monoisotopic (exact) mass is 532 g/mol. The standard InChI is InChI=1S/C21H29FN4O3.HI/c1-3-23-21(25-11-6-12-28-14-13-27-2)26-16-17-7-5-10-24-20(17)29-19-9-4-8-18(22)15-19;/h4-5,7-10,15H,3,6,11-14,16H2,1-2H3,(H2,23,25,26);1H. The van der Waals surface area contributed by atoms with Gasteiger partial charge in [-0.1, -0.05) is 12.1 Å². The van der Waals surface area contributed by atoms with Crippen molar-refractivity contribution in [1.29, 1.82) is 0 Å². The van der Waals surface area contributed by atoms with E-state index in [-0.39, 0.29) is 29.8 Å². The van der Waals surface area contributed by atoms with E-state index < -0.39 is 0 Å². The average Bonchev–Trinajstić information content (AvgIpc) is 2.72. The second kappa shape index (κ2) is 15.8. The molecular weight excluding hydrogens is 502 g/mol. The molecular formula is C21H30FIN4O3. The summed E-state index contributed by atoms with van der Waals surface area (Å²) in [5.41, 5.74) is 0.803. The minimum atomic E-state index is -0.358. The van der Waals surface area contributed by atoms with Gasteiger partial charge in [-0.05, 0) is 31.5 Å². The molecule has 1 aromatic heterocycles. The molecule has 2 N–H and O–H groups in total. The molecule has 0 fully saturated rings. The predicted octanol–water partition coefficient (Wildman–Crippen LogP) is 3.74. The number of nitrogens with one attached hydrogen (secondary N) is 2. The number of rotatable bonds is 12. The van der Waals surface area contributed by atoms with Crippen molar-refractivity contribution < 1.29 is 18.6 Å². The first-order chi connectivity index (χ1) is 14.2. The highest BCUT2D eigenvalue weighted by Crippen LogP contribution is 2.23. The summed E-state index contributed by atoms with van der Waals surface area (Å²) in [6, 6.07) is 9.68. The lowest BCUT2D eigenvalue weighted by Crippen LogP contribution is -2.38. The first-order valence-corrected chi connectivity index (χ1v) is 9.69. The number of aliphatic imine (C=N–C) groups is 1. The molecule has 0 aliphatic carbocycles. The zero-order valence-corrected chi connectivity index (χ0v) is 19.7. The van der Waals surface area contributed by atoms with Crippen molar-refractivity contribution in [3.8, 4) is 11.6 Å². The number of benzene rings is 1. The lowest BCUT2D eigenvalue weighted by Gasteiger charge is -2.12. The summed E-state index contributed by atoms with van der Waals surface area (Å²) >= 11 is 0. The van der Waals surface area contributed by atoms with Gasteiger partial charge >= 0.3 is 0 Å². The van der Waals surface area contributed by atoms with Crippen molar-refractivity contribution in [2.75, 3.05) is 40.0 Å². The van der Waals surface area contributed by atoms with Crippen LogP contribution in [0, 0.1) is 5.82 Å². The number of halogens is 2. The molecule has 0 saturated heterocycles. The van der Waals surface area contributed by atoms with Gasteiger partial charge in [0.2, 0.25) is 5.88 Å². The third-order valence-corrected chi connectivity index (χ3v) is 3.80. The summed E-state index contributed by atoms with van der Waals surface area (Å²) in [7, 11) is 1.65. The number of ether oxygens (including phenoxy) is 3. The minimum Gasteiger partial charge on any atom is -0.439 e. The highest BCUT2D eigenvalue weighted by molar-refractivity contribution is 14.0. The Morgan fingerprint density at radius 2 is 2.00 bits per heavy atom. The van der Waals surface area contributed by atoms with Crippen LogP contribution in [0.2, 0.25) is 0 Å². The second-order valence-electron chi connectivity index (χ2n) is 6.11. The predicted molar refractivity (Wildman–Crippen MR) is 126 cm³/mol. The SMILES string of the molecule is CCNC(=NCc1cccnc1Oc1cccc(F)c1)NCCCOCCOC.I. The normalized spacial score (nSPS) is 11.0. The van der Waals surface area contributed by atoms with Crippen LogP contribution in [-0.4, -0.2) is 51.0 Å². The van der Waals surface area contributed by atoms with E-state index in [2.05, 4.69) is 20.6 Å². The smallest absolute Gasteiger partial charge is 0.224 e. The maximum Gasteiger partial charge on any atom is 0.224 e. The van der Waals surface area contributed by atoms with Gasteiger partial charge in [-0.2, -0.15) is 0 Å². The zero-order valence-electron chi connectivity index (χ0n) is 17.4. The van der Waals surface area contributed by atoms with Crippen molar-refractivity contribution in [1.82, 2.24) is 15.6 Å². The number of pyridine rings is 1. The van der Waals surface area contributed by atoms with Crippen molar-refractivity contribution in [2.24, 2.45) is 4.99 Å². The van der Waals surface area contributed by atoms with Gasteiger partial charge in [-0.3, -0.25) is 0 Å². The van der Waals surface area contributed by atoms with Gasteiger partial charge < -0.3 is 24.8 Å². The molecule has 0 aliphatic rings. The fraction of sp³-hybridized carbons (Fsp3) is 0.429. The van der Waals surface area contributed by atoms with Crippen LogP contribution >= 0.6 is 24.0 Å². The number of nitrogens with zero attached hydrogens (tertiary/aromatic N) is 2. The fourth-order valence-electron chi connectivity index (χ4n) is 2.41. The van der Waals surface area contributed by atoms with E-state index in [4.69, 9.17) is 14.2 Å². The van der Waals surface area contributed by atoms with Crippen LogP contribution in [0.25, 0.3) is 0 Å². The van der Waals surface area contributed by atoms with Crippen LogP contribution in [0.1, 0.15) is 18.9 Å². The Kier molecular flexibility index (Phi) is 13.7. The molecule has 1 aromatic carbocycles. The van der Waals surface area contributed by atoms with E-state index >= 15 is 0 Å². The molecule has 1 heterocycles. The van der Waals surface area contributed by atoms with Gasteiger partial charge in [0, 0.05) is 44.6 Å². The highest BCUT2D eigenvalue weighted by Gasteiger charge is 2.07. The van der Waals surface area contributed by atoms with Gasteiger partial charge in [-0.15, -0.1) is 24.0 Å². The summed E-state index contributed by atoms with van der Waals surface area (Å²) < 4.78 is 29.5. The third-order valence-electron chi connectivity index (χ3n) is 3.80. The summed E-state index contributed by atoms with van der Waals surface area (Å²) in [5, 5.41) is 6.48. The summed E-state index contributed by atoms with van der Waals surface area (Å²) in [6.07, 6.45) is 2.49. The zero-order chi connectivity index (χ0) is 20.7. The van der Waals surface area contributed by atoms with Gasteiger partial charge in [0.05, 0.1) is 19.8 Å². The molecule has 0 saturated carbocycles. The van der Waals surface area contributed by atoms with E-state index in [1.54, 1.807) is 25.4 Å². The number of aromatic nitrogens is 1. The Morgan fingerprint density at radius 1 is 1.13 bits per heavy atom. The molecule has 0 aliphatic heterocycles. The van der Waals surface area contributed by atoms with E-state index in [0.717, 1.165) is 25.1 Å². The van der Waals surface area contributed by atoms with E-state index in [9.17, 15) is 4.39 Å². The molecule has 0 bridgehead atoms. The molecule has 0 spiro atoms. The molecule has 0 amide bonds. The van der Waals surface area contributed by atoms with Crippen LogP contribution in [0.3, 0.4) is 0 Å². The molecule has 0 unspecified atom stereocenters. The van der Waals surface area contributed by atoms with Crippen molar-refractivity contribution in [3.63, 3.8) is 0 Å². The van der Waals surface area contributed by atoms with E-state index in [0.29, 0.717) is 44.0 Å². The van der Waals surface area contributed by atoms with Gasteiger partial charge in [0.25, 0.3) is 0 Å². The van der Waals surface area contributed by atoms with E-state index in [1.165, 1.54) is 12.1 Å². The number of methoxy groups -OCH3 is 1. The van der Waals surface area contributed by atoms with Gasteiger partial charge in [0.15, 0.2) is 5.96 Å². The summed E-state index contributed by atoms with van der Waals surface area (Å²) in [4.78, 5) is 8.85. The van der Waals surface area contributed by atoms with Crippen molar-refractivity contribution in [3.05, 3.63) is 54.0 Å². The fourth-order valence-corrected chi connectivity index (χ4v) is 2.41. The molecule has 9 heteroatoms. The Morgan fingerprint density at radius 3 is 2.77 bits per heavy atom. The highest BCUT2D eigenvalue weighted by atomic mass is 127. The maximum absolute atomic E-state index is 13.4. The van der Waals surface area contributed by atoms with Crippen LogP contribution < -0.4 is 15.4 Å². The molecule has 166 valence electrons. The largest absolute Gasteiger partial charge is 0.439 e. The van der Waals surface area contributed by atoms with Crippen molar-refractivity contribution in [2.45, 2.75) is 19.9 Å². The Bertz CT molecular complexity index is 765. The molecule has 2 rings (SSSR count). The Labute approximate surface area is 194 Å². The van der Waals surface area contributed by atoms with Crippen LogP contribution in [0.15, 0.2) is 47.6 Å². The van der Waals surface area contributed by atoms with E-state index in [1.807, 2.05) is 19.1 Å². The summed E-state index contributed by atoms with van der Waals surface area (Å²) in [6.45, 7) is 5.71. The van der Waals surface area contributed by atoms with Gasteiger partial charge in [-0.25, -0.2) is 14.4 Å². The quantitative estimate of drug-likeness (QED) is 0.188. The van der Waals surface area contributed by atoms with Crippen molar-refractivity contribution >= 4 is 29.9 Å². The van der Waals surface area contributed by atoms with Crippen LogP contribution in [0.5, 0.6) is 11.6 Å². The Balaban J connectivity index is 0.00000450. The lowest BCUT2D eigenvalue weighted by atomic mass is 10.2. The first-order valence-electron chi connectivity index (χ1n) is 9.69. The van der Waals surface area contributed by atoms with Gasteiger partial charge in [0.1, 0.15) is 11.6 Å². The molecule has 0 radical (unpaired) electrons. The molecule has 30 heavy (non-hydrogen) atoms. The summed E-state index contributed by atoms with van der Waals surface area (Å²) in [5.74, 6) is 1.14. The molecule has 0 atom stereocenters. The Hall–Kier alpha value is -1.98. The number of guanidine groups is 1. The number of hydrogen-bond acceptors (Lipinski definition) is 5. The molecule has 7 nitrogen and oxygen atoms in total. The second-order valence-corrected chi connectivity index (χ2v) is 6.11. The van der Waals surface area contributed by atoms with Crippen LogP contribution in [-0.2, 0) is 16.0 Å². The maximum atomic E-state index is 13.4. The third kappa shape index (κ3) is 10.2. The minimum absolute atomic E-state index is 0. The molecule has 2 aromatic rings. The number of hydrogen-bond donors (Lipinski definition) is 2. The first kappa shape index (κ1) is 26.1. The van der Waals surface area contributed by atoms with Crippen LogP contribution in [0.4, 0.5) is 4.39 Å². The lowest BCUT2D eigenvalue weighted by molar-refractivity contribution is 0.0698.